The van der Waals surface area contributed by atoms with Gasteiger partial charge in [0.05, 0.1) is 0 Å². The van der Waals surface area contributed by atoms with E-state index in [-0.39, 0.29) is 5.63 Å². The molecule has 0 spiro atoms. The van der Waals surface area contributed by atoms with Gasteiger partial charge in [0.1, 0.15) is 0 Å². The maximum atomic E-state index is 11.1. The molecule has 0 unspecified atom stereocenters. The maximum absolute atomic E-state index is 11.1. The highest BCUT2D eigenvalue weighted by Gasteiger charge is 2.15. The van der Waals surface area contributed by atoms with Crippen molar-refractivity contribution in [3.05, 3.63) is 33.9 Å². The largest absolute Gasteiger partial charge is 0.421 e. The second-order valence-electron chi connectivity index (χ2n) is 2.89. The molecule has 0 amide bonds. The summed E-state index contributed by atoms with van der Waals surface area (Å²) < 4.78 is 4.99. The molecular formula is C9H9NO2. The lowest BCUT2D eigenvalue weighted by Gasteiger charge is -1.99. The number of pyridine rings is 1. The van der Waals surface area contributed by atoms with Crippen LogP contribution in [0, 0.1) is 13.8 Å². The highest BCUT2D eigenvalue weighted by atomic mass is 16.4. The summed E-state index contributed by atoms with van der Waals surface area (Å²) in [5.74, 6) is 0.637. The van der Waals surface area contributed by atoms with Crippen LogP contribution in [0.3, 0.4) is 0 Å². The molecule has 12 heavy (non-hydrogen) atoms. The standard InChI is InChI=1S/C9H9NO2/c1-5-3-10-4-7-8(5)6(2)9(11)12-7/h3-4,10H,1-2H3. The smallest absolute Gasteiger partial charge is 0.339 e. The second-order valence-corrected chi connectivity index (χ2v) is 2.89. The number of furan rings is 1. The average Bonchev–Trinajstić information content (AvgIpc) is 2.29. The molecule has 0 bridgehead atoms. The van der Waals surface area contributed by atoms with E-state index < -0.39 is 0 Å². The molecule has 0 fully saturated rings. The molecule has 2 heterocycles. The van der Waals surface area contributed by atoms with Crippen molar-refractivity contribution in [2.75, 3.05) is 0 Å². The van der Waals surface area contributed by atoms with E-state index in [4.69, 9.17) is 4.42 Å². The van der Waals surface area contributed by atoms with E-state index >= 15 is 0 Å². The fourth-order valence-electron chi connectivity index (χ4n) is 1.42. The van der Waals surface area contributed by atoms with Crippen LogP contribution in [0.5, 0.6) is 0 Å². The van der Waals surface area contributed by atoms with Crippen molar-refractivity contribution in [1.29, 1.82) is 0 Å². The van der Waals surface area contributed by atoms with Crippen LogP contribution in [0.2, 0.25) is 0 Å². The first kappa shape index (κ1) is 7.16. The molecule has 2 rings (SSSR count). The monoisotopic (exact) mass is 163 g/mol. The summed E-state index contributed by atoms with van der Waals surface area (Å²) >= 11 is 0. The Morgan fingerprint density at radius 2 is 2.08 bits per heavy atom. The van der Waals surface area contributed by atoms with Gasteiger partial charge >= 0.3 is 5.63 Å². The van der Waals surface area contributed by atoms with E-state index in [1.54, 1.807) is 13.1 Å². The first-order valence-electron chi connectivity index (χ1n) is 3.77. The van der Waals surface area contributed by atoms with Crippen molar-refractivity contribution in [2.45, 2.75) is 13.8 Å². The molecule has 62 valence electrons. The first-order chi connectivity index (χ1) is 5.70. The van der Waals surface area contributed by atoms with Crippen molar-refractivity contribution in [1.82, 2.24) is 4.98 Å². The van der Waals surface area contributed by atoms with Gasteiger partial charge in [-0.2, -0.15) is 0 Å². The topological polar surface area (TPSA) is 46.0 Å². The highest BCUT2D eigenvalue weighted by Crippen LogP contribution is 2.25. The Balaban J connectivity index is 2.95. The van der Waals surface area contributed by atoms with E-state index in [0.717, 1.165) is 11.1 Å². The summed E-state index contributed by atoms with van der Waals surface area (Å²) in [5.41, 5.74) is 2.42. The van der Waals surface area contributed by atoms with Gasteiger partial charge in [0.2, 0.25) is 0 Å². The summed E-state index contributed by atoms with van der Waals surface area (Å²) in [6.45, 7) is 3.72. The van der Waals surface area contributed by atoms with Gasteiger partial charge in [0, 0.05) is 23.5 Å². The van der Waals surface area contributed by atoms with E-state index in [9.17, 15) is 4.79 Å². The van der Waals surface area contributed by atoms with Crippen LogP contribution in [0.4, 0.5) is 0 Å². The molecule has 0 aromatic heterocycles. The fourth-order valence-corrected chi connectivity index (χ4v) is 1.42. The third kappa shape index (κ3) is 0.794. The molecule has 0 saturated heterocycles. The SMILES string of the molecule is Cc1c[nH]cc2oc(=O)c(C)c1-2. The van der Waals surface area contributed by atoms with Crippen molar-refractivity contribution in [2.24, 2.45) is 0 Å². The minimum atomic E-state index is -0.243. The predicted molar refractivity (Wildman–Crippen MR) is 45.4 cm³/mol. The second kappa shape index (κ2) is 2.24. The van der Waals surface area contributed by atoms with Crippen molar-refractivity contribution in [3.8, 4) is 11.3 Å². The van der Waals surface area contributed by atoms with Gasteiger partial charge in [-0.3, -0.25) is 0 Å². The third-order valence-electron chi connectivity index (χ3n) is 2.04. The van der Waals surface area contributed by atoms with E-state index in [1.807, 2.05) is 13.1 Å². The minimum absolute atomic E-state index is 0.243. The van der Waals surface area contributed by atoms with Gasteiger partial charge in [-0.15, -0.1) is 0 Å². The molecule has 3 nitrogen and oxygen atoms in total. The molecule has 0 saturated carbocycles. The zero-order valence-corrected chi connectivity index (χ0v) is 6.97. The molecular weight excluding hydrogens is 154 g/mol. The fraction of sp³-hybridized carbons (Fsp3) is 0.222. The summed E-state index contributed by atoms with van der Waals surface area (Å²) in [6.07, 6.45) is 3.54. The van der Waals surface area contributed by atoms with Gasteiger partial charge in [-0.1, -0.05) is 0 Å². The normalized spacial score (nSPS) is 10.8. The molecule has 2 aliphatic rings. The molecule has 0 aromatic carbocycles. The first-order valence-corrected chi connectivity index (χ1v) is 3.77. The van der Waals surface area contributed by atoms with Gasteiger partial charge < -0.3 is 9.40 Å². The molecule has 3 heteroatoms. The Morgan fingerprint density at radius 1 is 1.33 bits per heavy atom. The number of H-pyrrole nitrogens is 1. The number of aromatic amines is 1. The van der Waals surface area contributed by atoms with Crippen molar-refractivity contribution >= 4 is 0 Å². The maximum Gasteiger partial charge on any atom is 0.339 e. The molecule has 2 aliphatic heterocycles. The third-order valence-corrected chi connectivity index (χ3v) is 2.04. The molecule has 0 aliphatic carbocycles. The Hall–Kier alpha value is -1.51. The summed E-state index contributed by atoms with van der Waals surface area (Å²) in [4.78, 5) is 14.0. The van der Waals surface area contributed by atoms with Gasteiger partial charge in [0.15, 0.2) is 5.76 Å². The zero-order valence-electron chi connectivity index (χ0n) is 6.97. The van der Waals surface area contributed by atoms with Crippen LogP contribution in [-0.2, 0) is 0 Å². The number of hydrogen-bond acceptors (Lipinski definition) is 2. The summed E-state index contributed by atoms with van der Waals surface area (Å²) in [7, 11) is 0. The van der Waals surface area contributed by atoms with Crippen LogP contribution in [0.1, 0.15) is 11.1 Å². The van der Waals surface area contributed by atoms with Gasteiger partial charge in [-0.25, -0.2) is 4.79 Å². The Labute approximate surface area is 69.4 Å². The van der Waals surface area contributed by atoms with E-state index in [1.165, 1.54) is 0 Å². The number of fused-ring (bicyclic) bond motifs is 1. The van der Waals surface area contributed by atoms with Crippen LogP contribution in [0.25, 0.3) is 11.3 Å². The molecule has 0 radical (unpaired) electrons. The van der Waals surface area contributed by atoms with E-state index in [0.29, 0.717) is 11.3 Å². The number of aromatic nitrogens is 1. The van der Waals surface area contributed by atoms with Crippen LogP contribution < -0.4 is 5.63 Å². The van der Waals surface area contributed by atoms with Crippen LogP contribution in [-0.4, -0.2) is 4.98 Å². The average molecular weight is 163 g/mol. The molecule has 1 N–H and O–H groups in total. The van der Waals surface area contributed by atoms with Crippen LogP contribution >= 0.6 is 0 Å². The lowest BCUT2D eigenvalue weighted by molar-refractivity contribution is 0.540. The number of rotatable bonds is 0. The summed E-state index contributed by atoms with van der Waals surface area (Å²) in [6, 6.07) is 0. The Kier molecular flexibility index (Phi) is 1.33. The molecule has 0 aromatic rings. The lowest BCUT2D eigenvalue weighted by Crippen LogP contribution is -1.94. The van der Waals surface area contributed by atoms with E-state index in [2.05, 4.69) is 4.98 Å². The number of aryl methyl sites for hydroxylation is 1. The number of nitrogens with one attached hydrogen (secondary N) is 1. The quantitative estimate of drug-likeness (QED) is 0.642. The Bertz CT molecular complexity index is 439. The minimum Gasteiger partial charge on any atom is -0.421 e. The van der Waals surface area contributed by atoms with Gasteiger partial charge in [0.25, 0.3) is 0 Å². The summed E-state index contributed by atoms with van der Waals surface area (Å²) in [5, 5.41) is 0. The predicted octanol–water partition coefficient (Wildman–Crippen LogP) is 1.69. The Morgan fingerprint density at radius 3 is 2.75 bits per heavy atom. The van der Waals surface area contributed by atoms with Crippen LogP contribution in [0.15, 0.2) is 21.6 Å². The molecule has 0 atom stereocenters. The van der Waals surface area contributed by atoms with Crippen molar-refractivity contribution in [3.63, 3.8) is 0 Å². The highest BCUT2D eigenvalue weighted by molar-refractivity contribution is 5.65. The van der Waals surface area contributed by atoms with Crippen molar-refractivity contribution < 1.29 is 4.42 Å². The number of hydrogen-bond donors (Lipinski definition) is 1. The lowest BCUT2D eigenvalue weighted by atomic mass is 10.1. The van der Waals surface area contributed by atoms with Gasteiger partial charge in [-0.05, 0) is 19.4 Å². The zero-order chi connectivity index (χ0) is 8.72.